The first kappa shape index (κ1) is 19.5. The molecule has 0 bridgehead atoms. The number of benzene rings is 2. The summed E-state index contributed by atoms with van der Waals surface area (Å²) >= 11 is 5.44. The number of thiocarbonyl (C=S) groups is 1. The maximum atomic E-state index is 12.6. The van der Waals surface area contributed by atoms with E-state index in [0.717, 1.165) is 43.1 Å². The van der Waals surface area contributed by atoms with Crippen molar-refractivity contribution < 1.29 is 4.79 Å². The molecule has 1 amide bonds. The highest BCUT2D eigenvalue weighted by Crippen LogP contribution is 2.18. The van der Waals surface area contributed by atoms with Crippen molar-refractivity contribution in [2.45, 2.75) is 0 Å². The minimum Gasteiger partial charge on any atom is -0.346 e. The highest BCUT2D eigenvalue weighted by Gasteiger charge is 2.19. The van der Waals surface area contributed by atoms with Gasteiger partial charge in [0, 0.05) is 50.2 Å². The van der Waals surface area contributed by atoms with Crippen LogP contribution in [0.4, 0.5) is 11.4 Å². The van der Waals surface area contributed by atoms with Crippen molar-refractivity contribution in [3.63, 3.8) is 0 Å². The summed E-state index contributed by atoms with van der Waals surface area (Å²) in [6.45, 7) is 4.37. The fraction of sp³-hybridized carbons (Fsp3) is 0.333. The van der Waals surface area contributed by atoms with Gasteiger partial charge in [0.2, 0.25) is 5.91 Å². The van der Waals surface area contributed by atoms with Crippen LogP contribution in [-0.2, 0) is 4.79 Å². The van der Waals surface area contributed by atoms with Crippen LogP contribution in [0.25, 0.3) is 0 Å². The lowest BCUT2D eigenvalue weighted by Gasteiger charge is -2.32. The number of piperazine rings is 1. The molecular weight excluding hydrogens is 356 g/mol. The van der Waals surface area contributed by atoms with Crippen LogP contribution in [0.3, 0.4) is 0 Å². The second-order valence-corrected chi connectivity index (χ2v) is 7.31. The number of hydrogen-bond donors (Lipinski definition) is 1. The van der Waals surface area contributed by atoms with E-state index < -0.39 is 0 Å². The van der Waals surface area contributed by atoms with Gasteiger partial charge in [-0.1, -0.05) is 42.5 Å². The van der Waals surface area contributed by atoms with E-state index in [1.54, 1.807) is 4.90 Å². The third-order valence-corrected chi connectivity index (χ3v) is 5.22. The van der Waals surface area contributed by atoms with Crippen LogP contribution in [0.15, 0.2) is 54.6 Å². The van der Waals surface area contributed by atoms with Crippen molar-refractivity contribution in [2.75, 3.05) is 57.0 Å². The standard InChI is InChI=1S/C21H26N4OS/c1-23-12-14-25(15-13-23)16-20(26)24(2)19-10-8-18(9-11-19)22-21(27)17-6-4-3-5-7-17/h3-11H,12-16H2,1-2H3,(H,22,27). The number of amides is 1. The van der Waals surface area contributed by atoms with Gasteiger partial charge in [0.15, 0.2) is 0 Å². The molecule has 3 rings (SSSR count). The van der Waals surface area contributed by atoms with E-state index >= 15 is 0 Å². The molecule has 1 aliphatic rings. The molecule has 142 valence electrons. The molecule has 2 aromatic carbocycles. The van der Waals surface area contributed by atoms with Crippen molar-refractivity contribution in [2.24, 2.45) is 0 Å². The lowest BCUT2D eigenvalue weighted by molar-refractivity contribution is -0.119. The molecule has 1 N–H and O–H groups in total. The van der Waals surface area contributed by atoms with E-state index in [-0.39, 0.29) is 5.91 Å². The number of anilines is 2. The molecule has 2 aromatic rings. The fourth-order valence-corrected chi connectivity index (χ4v) is 3.26. The van der Waals surface area contributed by atoms with Crippen LogP contribution in [0.1, 0.15) is 5.56 Å². The molecule has 0 radical (unpaired) electrons. The van der Waals surface area contributed by atoms with Gasteiger partial charge >= 0.3 is 0 Å². The highest BCUT2D eigenvalue weighted by molar-refractivity contribution is 7.81. The average Bonchev–Trinajstić information content (AvgIpc) is 2.70. The lowest BCUT2D eigenvalue weighted by atomic mass is 10.2. The summed E-state index contributed by atoms with van der Waals surface area (Å²) in [6.07, 6.45) is 0. The lowest BCUT2D eigenvalue weighted by Crippen LogP contribution is -2.48. The summed E-state index contributed by atoms with van der Waals surface area (Å²) in [5.74, 6) is 0.111. The number of hydrogen-bond acceptors (Lipinski definition) is 4. The number of carbonyl (C=O) groups is 1. The van der Waals surface area contributed by atoms with Gasteiger partial charge in [-0.25, -0.2) is 0 Å². The summed E-state index contributed by atoms with van der Waals surface area (Å²) in [7, 11) is 3.94. The number of carbonyl (C=O) groups excluding carboxylic acids is 1. The summed E-state index contributed by atoms with van der Waals surface area (Å²) < 4.78 is 0. The molecule has 1 heterocycles. The van der Waals surface area contributed by atoms with Crippen LogP contribution >= 0.6 is 12.2 Å². The molecule has 0 spiro atoms. The SMILES string of the molecule is CN1CCN(CC(=O)N(C)c2ccc(NC(=S)c3ccccc3)cc2)CC1. The Morgan fingerprint density at radius 3 is 2.30 bits per heavy atom. The molecule has 0 atom stereocenters. The third kappa shape index (κ3) is 5.35. The van der Waals surface area contributed by atoms with E-state index in [9.17, 15) is 4.79 Å². The number of likely N-dealkylation sites (N-methyl/N-ethyl adjacent to an activating group) is 2. The molecular formula is C21H26N4OS. The first-order chi connectivity index (χ1) is 13.0. The van der Waals surface area contributed by atoms with E-state index in [0.29, 0.717) is 11.5 Å². The highest BCUT2D eigenvalue weighted by atomic mass is 32.1. The minimum atomic E-state index is 0.111. The Morgan fingerprint density at radius 2 is 1.67 bits per heavy atom. The van der Waals surface area contributed by atoms with Gasteiger partial charge in [-0.3, -0.25) is 9.69 Å². The molecule has 5 nitrogen and oxygen atoms in total. The molecule has 0 aromatic heterocycles. The summed E-state index contributed by atoms with van der Waals surface area (Å²) in [5, 5.41) is 3.24. The summed E-state index contributed by atoms with van der Waals surface area (Å²) in [5.41, 5.74) is 2.77. The van der Waals surface area contributed by atoms with Gasteiger partial charge in [0.05, 0.1) is 6.54 Å². The van der Waals surface area contributed by atoms with E-state index in [1.165, 1.54) is 0 Å². The quantitative estimate of drug-likeness (QED) is 0.805. The Balaban J connectivity index is 1.56. The van der Waals surface area contributed by atoms with Crippen LogP contribution in [0, 0.1) is 0 Å². The van der Waals surface area contributed by atoms with Gasteiger partial charge in [0.1, 0.15) is 4.99 Å². The maximum Gasteiger partial charge on any atom is 0.240 e. The zero-order valence-corrected chi connectivity index (χ0v) is 16.7. The Morgan fingerprint density at radius 1 is 1.04 bits per heavy atom. The van der Waals surface area contributed by atoms with E-state index in [4.69, 9.17) is 12.2 Å². The first-order valence-corrected chi connectivity index (χ1v) is 9.57. The molecule has 6 heteroatoms. The van der Waals surface area contributed by atoms with Crippen molar-refractivity contribution in [1.82, 2.24) is 9.80 Å². The smallest absolute Gasteiger partial charge is 0.240 e. The van der Waals surface area contributed by atoms with Crippen molar-refractivity contribution >= 4 is 34.5 Å². The molecule has 27 heavy (non-hydrogen) atoms. The molecule has 1 saturated heterocycles. The Labute approximate surface area is 166 Å². The largest absolute Gasteiger partial charge is 0.346 e. The van der Waals surface area contributed by atoms with E-state index in [2.05, 4.69) is 22.2 Å². The topological polar surface area (TPSA) is 38.8 Å². The van der Waals surface area contributed by atoms with Crippen molar-refractivity contribution in [3.05, 3.63) is 60.2 Å². The Kier molecular flexibility index (Phi) is 6.55. The van der Waals surface area contributed by atoms with Crippen LogP contribution in [0.2, 0.25) is 0 Å². The second kappa shape index (κ2) is 9.08. The van der Waals surface area contributed by atoms with Gasteiger partial charge in [-0.15, -0.1) is 0 Å². The maximum absolute atomic E-state index is 12.6. The number of nitrogens with one attached hydrogen (secondary N) is 1. The first-order valence-electron chi connectivity index (χ1n) is 9.17. The second-order valence-electron chi connectivity index (χ2n) is 6.90. The zero-order chi connectivity index (χ0) is 19.2. The third-order valence-electron chi connectivity index (χ3n) is 4.88. The van der Waals surface area contributed by atoms with Gasteiger partial charge < -0.3 is 15.1 Å². The molecule has 0 aliphatic carbocycles. The fourth-order valence-electron chi connectivity index (χ4n) is 3.01. The molecule has 1 fully saturated rings. The van der Waals surface area contributed by atoms with Gasteiger partial charge in [-0.05, 0) is 31.3 Å². The Bertz CT molecular complexity index is 771. The predicted octanol–water partition coefficient (Wildman–Crippen LogP) is 2.68. The summed E-state index contributed by atoms with van der Waals surface area (Å²) in [4.78, 5) is 19.5. The molecule has 0 unspecified atom stereocenters. The van der Waals surface area contributed by atoms with Crippen molar-refractivity contribution in [1.29, 1.82) is 0 Å². The van der Waals surface area contributed by atoms with E-state index in [1.807, 2.05) is 61.6 Å². The Hall–Kier alpha value is -2.28. The van der Waals surface area contributed by atoms with Crippen molar-refractivity contribution in [3.8, 4) is 0 Å². The number of rotatable bonds is 5. The number of nitrogens with zero attached hydrogens (tertiary/aromatic N) is 3. The van der Waals surface area contributed by atoms with Gasteiger partial charge in [0.25, 0.3) is 0 Å². The monoisotopic (exact) mass is 382 g/mol. The predicted molar refractivity (Wildman–Crippen MR) is 116 cm³/mol. The van der Waals surface area contributed by atoms with Crippen LogP contribution in [0.5, 0.6) is 0 Å². The zero-order valence-electron chi connectivity index (χ0n) is 15.9. The van der Waals surface area contributed by atoms with Crippen LogP contribution < -0.4 is 10.2 Å². The average molecular weight is 383 g/mol. The molecule has 0 saturated carbocycles. The minimum absolute atomic E-state index is 0.111. The molecule has 1 aliphatic heterocycles. The summed E-state index contributed by atoms with van der Waals surface area (Å²) in [6, 6.07) is 17.6. The van der Waals surface area contributed by atoms with Crippen LogP contribution in [-0.4, -0.2) is 67.5 Å². The normalized spacial score (nSPS) is 15.3. The van der Waals surface area contributed by atoms with Gasteiger partial charge in [-0.2, -0.15) is 0 Å².